The van der Waals surface area contributed by atoms with E-state index in [4.69, 9.17) is 15.0 Å². The first-order chi connectivity index (χ1) is 48.8. The van der Waals surface area contributed by atoms with E-state index in [2.05, 4.69) is 367 Å². The minimum Gasteiger partial charge on any atom is -0.256 e. The molecule has 3 heteroatoms. The Kier molecular flexibility index (Phi) is 16.8. The first kappa shape index (κ1) is 61.2. The Morgan fingerprint density at radius 2 is 0.343 bits per heavy atom. The molecule has 16 aromatic rings. The second kappa shape index (κ2) is 27.2. The van der Waals surface area contributed by atoms with Gasteiger partial charge in [-0.25, -0.2) is 0 Å². The lowest BCUT2D eigenvalue weighted by molar-refractivity contribution is 1.29. The molecule has 0 aliphatic carbocycles. The summed E-state index contributed by atoms with van der Waals surface area (Å²) in [5, 5.41) is 0. The van der Waals surface area contributed by atoms with Gasteiger partial charge in [0.1, 0.15) is 0 Å². The van der Waals surface area contributed by atoms with Gasteiger partial charge >= 0.3 is 0 Å². The average molecular weight is 1260 g/mol. The highest BCUT2D eigenvalue weighted by atomic mass is 14.7. The van der Waals surface area contributed by atoms with E-state index in [1.165, 1.54) is 16.7 Å². The van der Waals surface area contributed by atoms with Crippen LogP contribution in [0.25, 0.3) is 167 Å². The van der Waals surface area contributed by atoms with E-state index in [9.17, 15) is 0 Å². The first-order valence-corrected chi connectivity index (χ1v) is 33.9. The third-order valence-corrected chi connectivity index (χ3v) is 19.3. The van der Waals surface area contributed by atoms with Gasteiger partial charge in [-0.3, -0.25) is 15.0 Å². The highest BCUT2D eigenvalue weighted by molar-refractivity contribution is 5.97. The van der Waals surface area contributed by atoms with E-state index in [-0.39, 0.29) is 0 Å². The molecule has 3 nitrogen and oxygen atoms in total. The van der Waals surface area contributed by atoms with Crippen LogP contribution in [-0.4, -0.2) is 15.0 Å². The van der Waals surface area contributed by atoms with Gasteiger partial charge in [-0.2, -0.15) is 0 Å². The van der Waals surface area contributed by atoms with Crippen molar-refractivity contribution in [1.29, 1.82) is 0 Å². The maximum absolute atomic E-state index is 5.05. The second-order valence-corrected chi connectivity index (χ2v) is 25.7. The summed E-state index contributed by atoms with van der Waals surface area (Å²) < 4.78 is 0. The Labute approximate surface area is 580 Å². The Hall–Kier alpha value is -12.7. The van der Waals surface area contributed by atoms with Crippen molar-refractivity contribution in [2.75, 3.05) is 0 Å². The molecule has 13 aromatic carbocycles. The van der Waals surface area contributed by atoms with Crippen molar-refractivity contribution in [3.05, 3.63) is 381 Å². The highest BCUT2D eigenvalue weighted by Gasteiger charge is 2.21. The van der Waals surface area contributed by atoms with Crippen LogP contribution in [0.2, 0.25) is 0 Å². The molecule has 0 fully saturated rings. The smallest absolute Gasteiger partial charge is 0.0705 e. The predicted molar refractivity (Wildman–Crippen MR) is 416 cm³/mol. The fourth-order valence-electron chi connectivity index (χ4n) is 14.0. The molecule has 16 rings (SSSR count). The van der Waals surface area contributed by atoms with E-state index in [1.54, 1.807) is 0 Å². The lowest BCUT2D eigenvalue weighted by Crippen LogP contribution is -1.94. The minimum absolute atomic E-state index is 0.940. The van der Waals surface area contributed by atoms with Gasteiger partial charge < -0.3 is 0 Å². The average Bonchev–Trinajstić information content (AvgIpc) is 0.767. The molecule has 0 saturated heterocycles. The summed E-state index contributed by atoms with van der Waals surface area (Å²) in [6.07, 6.45) is 6.04. The van der Waals surface area contributed by atoms with Crippen molar-refractivity contribution >= 4 is 0 Å². The predicted octanol–water partition coefficient (Wildman–Crippen LogP) is 25.8. The summed E-state index contributed by atoms with van der Waals surface area (Å²) in [6, 6.07) is 126. The summed E-state index contributed by atoms with van der Waals surface area (Å²) >= 11 is 0. The van der Waals surface area contributed by atoms with E-state index in [0.717, 1.165) is 167 Å². The topological polar surface area (TPSA) is 38.7 Å². The van der Waals surface area contributed by atoms with E-state index < -0.39 is 0 Å². The summed E-state index contributed by atoms with van der Waals surface area (Å²) in [5.74, 6) is 0. The molecule has 0 atom stereocenters. The quantitative estimate of drug-likeness (QED) is 0.103. The third kappa shape index (κ3) is 12.8. The van der Waals surface area contributed by atoms with Crippen molar-refractivity contribution < 1.29 is 0 Å². The van der Waals surface area contributed by atoms with Crippen LogP contribution in [-0.2, 0) is 0 Å². The molecule has 3 heterocycles. The SMILES string of the molecule is Cc1cc(-c2ccc(-c3cc(-c4ccccc4)ccc3-c3cc(-c4ccc(-c5ccccc5)cc4-c4ccc(-c5cc(C)c(-c6ccccc6)cn5)cc4)cc(-c4ccc(-c5ccccc5)cc4-c4ccc(-c5cc(C)c(-c6ccccc6)cn5)cc4)c3)cc2)ncc1-c1ccccc1. The number of aromatic nitrogens is 3. The summed E-state index contributed by atoms with van der Waals surface area (Å²) in [5.41, 5.74) is 36.7. The van der Waals surface area contributed by atoms with Gasteiger partial charge in [0.2, 0.25) is 0 Å². The molecule has 0 N–H and O–H groups in total. The fourth-order valence-corrected chi connectivity index (χ4v) is 14.0. The van der Waals surface area contributed by atoms with Gasteiger partial charge in [-0.15, -0.1) is 0 Å². The van der Waals surface area contributed by atoms with E-state index in [1.807, 2.05) is 18.6 Å². The maximum Gasteiger partial charge on any atom is 0.0705 e. The molecule has 0 bridgehead atoms. The van der Waals surface area contributed by atoms with E-state index in [0.29, 0.717) is 0 Å². The van der Waals surface area contributed by atoms with E-state index >= 15 is 0 Å². The zero-order valence-corrected chi connectivity index (χ0v) is 55.5. The van der Waals surface area contributed by atoms with Gasteiger partial charge in [0.05, 0.1) is 17.1 Å². The largest absolute Gasteiger partial charge is 0.256 e. The summed E-state index contributed by atoms with van der Waals surface area (Å²) in [6.45, 7) is 6.53. The van der Waals surface area contributed by atoms with Crippen LogP contribution >= 0.6 is 0 Å². The van der Waals surface area contributed by atoms with Crippen molar-refractivity contribution in [3.63, 3.8) is 0 Å². The monoisotopic (exact) mass is 1260 g/mol. The number of pyridine rings is 3. The van der Waals surface area contributed by atoms with Crippen LogP contribution < -0.4 is 0 Å². The van der Waals surface area contributed by atoms with Crippen molar-refractivity contribution in [3.8, 4) is 167 Å². The molecular weight excluding hydrogens is 1200 g/mol. The first-order valence-electron chi connectivity index (χ1n) is 33.9. The normalized spacial score (nSPS) is 11.2. The number of aryl methyl sites for hydroxylation is 3. The van der Waals surface area contributed by atoms with Crippen LogP contribution in [0.4, 0.5) is 0 Å². The summed E-state index contributed by atoms with van der Waals surface area (Å²) in [4.78, 5) is 15.1. The zero-order valence-electron chi connectivity index (χ0n) is 55.5. The number of rotatable bonds is 15. The molecule has 99 heavy (non-hydrogen) atoms. The molecule has 0 amide bonds. The Morgan fingerprint density at radius 1 is 0.141 bits per heavy atom. The highest BCUT2D eigenvalue weighted by Crippen LogP contribution is 2.46. The molecule has 468 valence electrons. The van der Waals surface area contributed by atoms with Crippen LogP contribution in [0.5, 0.6) is 0 Å². The standard InChI is InChI=1S/C96H69N3/c1-64-52-94(97-61-91(64)70-28-16-7-17-29-70)76-40-34-73(35-41-76)88-58-79(67-22-10-4-11-23-67)46-49-85(88)82-55-83(86-50-47-80(68-24-12-5-13-25-68)59-89(86)74-36-42-77(43-37-74)95-53-65(2)92(62-98-95)71-30-18-8-19-31-71)57-84(56-82)87-51-48-81(69-26-14-6-15-27-69)60-90(87)75-38-44-78(45-39-75)96-54-66(3)93(63-99-96)72-32-20-9-21-33-72/h4-63H,1-3H3. The van der Waals surface area contributed by atoms with Crippen molar-refractivity contribution in [2.45, 2.75) is 20.8 Å². The molecule has 0 unspecified atom stereocenters. The number of hydrogen-bond donors (Lipinski definition) is 0. The van der Waals surface area contributed by atoms with Crippen LogP contribution in [0.1, 0.15) is 16.7 Å². The van der Waals surface area contributed by atoms with Crippen LogP contribution in [0.15, 0.2) is 364 Å². The Balaban J connectivity index is 0.878. The summed E-state index contributed by atoms with van der Waals surface area (Å²) in [7, 11) is 0. The lowest BCUT2D eigenvalue weighted by atomic mass is 9.84. The molecule has 0 radical (unpaired) electrons. The zero-order chi connectivity index (χ0) is 66.6. The van der Waals surface area contributed by atoms with Crippen LogP contribution in [0, 0.1) is 20.8 Å². The van der Waals surface area contributed by atoms with Crippen LogP contribution in [0.3, 0.4) is 0 Å². The number of hydrogen-bond acceptors (Lipinski definition) is 3. The van der Waals surface area contributed by atoms with Crippen molar-refractivity contribution in [2.24, 2.45) is 0 Å². The third-order valence-electron chi connectivity index (χ3n) is 19.3. The molecule has 0 saturated carbocycles. The Morgan fingerprint density at radius 3 is 0.576 bits per heavy atom. The van der Waals surface area contributed by atoms with Gasteiger partial charge in [0, 0.05) is 52.0 Å². The second-order valence-electron chi connectivity index (χ2n) is 25.7. The number of benzene rings is 13. The Bertz CT molecular complexity index is 4990. The molecule has 0 aliphatic rings. The molecular formula is C96H69N3. The van der Waals surface area contributed by atoms with Gasteiger partial charge in [0.15, 0.2) is 0 Å². The number of nitrogens with zero attached hydrogens (tertiary/aromatic N) is 3. The maximum atomic E-state index is 5.05. The minimum atomic E-state index is 0.940. The fraction of sp³-hybridized carbons (Fsp3) is 0.0312. The van der Waals surface area contributed by atoms with Gasteiger partial charge in [0.25, 0.3) is 0 Å². The van der Waals surface area contributed by atoms with Gasteiger partial charge in [-0.1, -0.05) is 291 Å². The molecule has 3 aromatic heterocycles. The molecule has 0 spiro atoms. The molecule has 0 aliphatic heterocycles. The lowest BCUT2D eigenvalue weighted by Gasteiger charge is -2.20. The van der Waals surface area contributed by atoms with Crippen molar-refractivity contribution in [1.82, 2.24) is 15.0 Å². The van der Waals surface area contributed by atoms with Gasteiger partial charge in [-0.05, 0) is 209 Å².